The Morgan fingerprint density at radius 2 is 1.84 bits per heavy atom. The van der Waals surface area contributed by atoms with Crippen molar-refractivity contribution in [1.82, 2.24) is 5.32 Å². The Bertz CT molecular complexity index is 661. The van der Waals surface area contributed by atoms with E-state index < -0.39 is 17.8 Å². The summed E-state index contributed by atoms with van der Waals surface area (Å²) in [4.78, 5) is 23.9. The summed E-state index contributed by atoms with van der Waals surface area (Å²) >= 11 is 0. The highest BCUT2D eigenvalue weighted by molar-refractivity contribution is 5.86. The molecule has 25 heavy (non-hydrogen) atoms. The van der Waals surface area contributed by atoms with Crippen LogP contribution in [0, 0.1) is 11.8 Å². The van der Waals surface area contributed by atoms with Crippen molar-refractivity contribution in [3.05, 3.63) is 23.8 Å². The van der Waals surface area contributed by atoms with Crippen LogP contribution in [0.4, 0.5) is 0 Å². The van der Waals surface area contributed by atoms with Crippen LogP contribution in [0.5, 0.6) is 11.5 Å². The van der Waals surface area contributed by atoms with E-state index in [4.69, 9.17) is 14.2 Å². The fraction of sp³-hybridized carbons (Fsp3) is 0.556. The minimum Gasteiger partial charge on any atom is -0.493 e. The molecule has 1 amide bonds. The molecular formula is C18H23NO6. The van der Waals surface area contributed by atoms with E-state index in [9.17, 15) is 14.7 Å². The highest BCUT2D eigenvalue weighted by atomic mass is 16.5. The molecule has 0 aromatic heterocycles. The summed E-state index contributed by atoms with van der Waals surface area (Å²) in [5.41, 5.74) is 0.997. The van der Waals surface area contributed by atoms with Gasteiger partial charge in [-0.1, -0.05) is 6.07 Å². The zero-order valence-corrected chi connectivity index (χ0v) is 14.4. The summed E-state index contributed by atoms with van der Waals surface area (Å²) in [6.45, 7) is 0.425. The number of carboxylic acids is 1. The van der Waals surface area contributed by atoms with E-state index in [-0.39, 0.29) is 18.1 Å². The van der Waals surface area contributed by atoms with E-state index in [1.54, 1.807) is 14.2 Å². The number of methoxy groups -OCH3 is 2. The number of ether oxygens (including phenoxy) is 3. The van der Waals surface area contributed by atoms with Gasteiger partial charge >= 0.3 is 5.97 Å². The van der Waals surface area contributed by atoms with Crippen LogP contribution in [-0.4, -0.2) is 50.0 Å². The molecule has 0 radical (unpaired) electrons. The highest BCUT2D eigenvalue weighted by Gasteiger charge is 2.55. The summed E-state index contributed by atoms with van der Waals surface area (Å²) < 4.78 is 16.1. The van der Waals surface area contributed by atoms with Gasteiger partial charge in [-0.25, -0.2) is 0 Å². The Kier molecular flexibility index (Phi) is 5.13. The monoisotopic (exact) mass is 349 g/mol. The number of rotatable bonds is 7. The van der Waals surface area contributed by atoms with E-state index in [2.05, 4.69) is 5.32 Å². The lowest BCUT2D eigenvalue weighted by atomic mass is 9.78. The first kappa shape index (κ1) is 17.5. The molecule has 3 rings (SSSR count). The van der Waals surface area contributed by atoms with Crippen LogP contribution in [0.15, 0.2) is 18.2 Å². The highest BCUT2D eigenvalue weighted by Crippen LogP contribution is 2.43. The van der Waals surface area contributed by atoms with Gasteiger partial charge in [0.25, 0.3) is 0 Å². The molecule has 2 N–H and O–H groups in total. The summed E-state index contributed by atoms with van der Waals surface area (Å²) in [5.74, 6) is -1.23. The first-order chi connectivity index (χ1) is 12.0. The number of nitrogens with one attached hydrogen (secondary N) is 1. The van der Waals surface area contributed by atoms with Gasteiger partial charge in [0, 0.05) is 6.54 Å². The molecule has 1 aromatic carbocycles. The normalized spacial score (nSPS) is 27.1. The Morgan fingerprint density at radius 1 is 1.16 bits per heavy atom. The third-order valence-electron chi connectivity index (χ3n) is 5.02. The number of benzene rings is 1. The van der Waals surface area contributed by atoms with Gasteiger partial charge in [0.05, 0.1) is 38.3 Å². The van der Waals surface area contributed by atoms with Crippen LogP contribution in [0.25, 0.3) is 0 Å². The lowest BCUT2D eigenvalue weighted by Gasteiger charge is -2.23. The molecule has 2 saturated heterocycles. The molecule has 2 fully saturated rings. The number of hydrogen-bond acceptors (Lipinski definition) is 5. The van der Waals surface area contributed by atoms with Crippen LogP contribution in [0.1, 0.15) is 18.4 Å². The molecule has 7 heteroatoms. The molecule has 2 aliphatic heterocycles. The fourth-order valence-corrected chi connectivity index (χ4v) is 3.81. The van der Waals surface area contributed by atoms with Crippen molar-refractivity contribution >= 4 is 11.9 Å². The van der Waals surface area contributed by atoms with E-state index in [0.717, 1.165) is 18.4 Å². The molecule has 0 saturated carbocycles. The quantitative estimate of drug-likeness (QED) is 0.769. The molecule has 2 aliphatic rings. The predicted octanol–water partition coefficient (Wildman–Crippen LogP) is 1.24. The van der Waals surface area contributed by atoms with Crippen molar-refractivity contribution in [1.29, 1.82) is 0 Å². The zero-order valence-electron chi connectivity index (χ0n) is 14.4. The fourth-order valence-electron chi connectivity index (χ4n) is 3.81. The number of aliphatic carboxylic acids is 1. The van der Waals surface area contributed by atoms with Gasteiger partial charge in [-0.15, -0.1) is 0 Å². The molecular weight excluding hydrogens is 326 g/mol. The van der Waals surface area contributed by atoms with Gasteiger partial charge in [-0.05, 0) is 37.0 Å². The van der Waals surface area contributed by atoms with Crippen LogP contribution in [0.3, 0.4) is 0 Å². The molecule has 136 valence electrons. The Morgan fingerprint density at radius 3 is 2.48 bits per heavy atom. The Balaban J connectivity index is 1.57. The van der Waals surface area contributed by atoms with E-state index in [1.165, 1.54) is 0 Å². The summed E-state index contributed by atoms with van der Waals surface area (Å²) in [7, 11) is 3.15. The minimum absolute atomic E-state index is 0.236. The van der Waals surface area contributed by atoms with E-state index >= 15 is 0 Å². The molecule has 1 aromatic rings. The average molecular weight is 349 g/mol. The minimum atomic E-state index is -0.952. The maximum atomic E-state index is 12.5. The number of amides is 1. The second kappa shape index (κ2) is 7.31. The number of hydrogen-bond donors (Lipinski definition) is 2. The van der Waals surface area contributed by atoms with Crippen LogP contribution in [-0.2, 0) is 20.7 Å². The van der Waals surface area contributed by atoms with Crippen LogP contribution < -0.4 is 14.8 Å². The zero-order chi connectivity index (χ0) is 18.0. The molecule has 0 spiro atoms. The molecule has 4 atom stereocenters. The topological polar surface area (TPSA) is 94.1 Å². The lowest BCUT2D eigenvalue weighted by Crippen LogP contribution is -2.44. The maximum Gasteiger partial charge on any atom is 0.310 e. The van der Waals surface area contributed by atoms with Crippen molar-refractivity contribution in [2.24, 2.45) is 11.8 Å². The third kappa shape index (κ3) is 3.42. The molecule has 0 unspecified atom stereocenters. The molecule has 0 aliphatic carbocycles. The van der Waals surface area contributed by atoms with Gasteiger partial charge in [0.1, 0.15) is 0 Å². The van der Waals surface area contributed by atoms with Crippen molar-refractivity contribution in [2.45, 2.75) is 31.5 Å². The van der Waals surface area contributed by atoms with Gasteiger partial charge < -0.3 is 24.6 Å². The van der Waals surface area contributed by atoms with Gasteiger partial charge in [0.15, 0.2) is 11.5 Å². The maximum absolute atomic E-state index is 12.5. The first-order valence-corrected chi connectivity index (χ1v) is 8.42. The summed E-state index contributed by atoms with van der Waals surface area (Å²) in [5, 5.41) is 12.2. The van der Waals surface area contributed by atoms with E-state index in [1.807, 2.05) is 18.2 Å². The molecule has 2 heterocycles. The SMILES string of the molecule is COc1ccc(CCNC(=O)[C@H]2[C@@H](C(=O)O)[C@@H]3CC[C@@H]2O3)cc1OC. The smallest absolute Gasteiger partial charge is 0.310 e. The van der Waals surface area contributed by atoms with Gasteiger partial charge in [-0.2, -0.15) is 0 Å². The summed E-state index contributed by atoms with van der Waals surface area (Å²) in [6, 6.07) is 5.60. The second-order valence-electron chi connectivity index (χ2n) is 6.41. The predicted molar refractivity (Wildman–Crippen MR) is 88.8 cm³/mol. The van der Waals surface area contributed by atoms with Crippen LogP contribution in [0.2, 0.25) is 0 Å². The number of carboxylic acid groups (broad SMARTS) is 1. The number of carbonyl (C=O) groups is 2. The molecule has 7 nitrogen and oxygen atoms in total. The van der Waals surface area contributed by atoms with Gasteiger partial charge in [-0.3, -0.25) is 9.59 Å². The van der Waals surface area contributed by atoms with Crippen LogP contribution >= 0.6 is 0 Å². The Hall–Kier alpha value is -2.28. The first-order valence-electron chi connectivity index (χ1n) is 8.42. The van der Waals surface area contributed by atoms with Crippen molar-refractivity contribution in [2.75, 3.05) is 20.8 Å². The van der Waals surface area contributed by atoms with E-state index in [0.29, 0.717) is 24.5 Å². The second-order valence-corrected chi connectivity index (χ2v) is 6.41. The largest absolute Gasteiger partial charge is 0.493 e. The molecule has 2 bridgehead atoms. The Labute approximate surface area is 146 Å². The van der Waals surface area contributed by atoms with Gasteiger partial charge in [0.2, 0.25) is 5.91 Å². The lowest BCUT2D eigenvalue weighted by molar-refractivity contribution is -0.147. The average Bonchev–Trinajstić information content (AvgIpc) is 3.22. The van der Waals surface area contributed by atoms with Crippen molar-refractivity contribution in [3.63, 3.8) is 0 Å². The third-order valence-corrected chi connectivity index (χ3v) is 5.02. The van der Waals surface area contributed by atoms with Crippen molar-refractivity contribution in [3.8, 4) is 11.5 Å². The number of fused-ring (bicyclic) bond motifs is 2. The standard InChI is InChI=1S/C18H23NO6/c1-23-11-4-3-10(9-14(11)24-2)7-8-19-17(20)15-12-5-6-13(25-12)16(15)18(21)22/h3-4,9,12-13,15-16H,5-8H2,1-2H3,(H,19,20)(H,21,22)/t12-,13-,15+,16-/m0/s1. The van der Waals surface area contributed by atoms with Crippen molar-refractivity contribution < 1.29 is 28.9 Å². The number of carbonyl (C=O) groups excluding carboxylic acids is 1. The summed E-state index contributed by atoms with van der Waals surface area (Å²) in [6.07, 6.45) is 1.49.